The van der Waals surface area contributed by atoms with E-state index in [1.807, 2.05) is 23.6 Å². The van der Waals surface area contributed by atoms with Crippen LogP contribution in [0.5, 0.6) is 11.5 Å². The molecule has 7 nitrogen and oxygen atoms in total. The Kier molecular flexibility index (Phi) is 6.08. The average molecular weight is 387 g/mol. The van der Waals surface area contributed by atoms with E-state index in [0.29, 0.717) is 42.5 Å². The molecule has 0 atom stereocenters. The molecule has 0 radical (unpaired) electrons. The van der Waals surface area contributed by atoms with Crippen molar-refractivity contribution in [2.24, 2.45) is 0 Å². The van der Waals surface area contributed by atoms with Crippen LogP contribution in [0.25, 0.3) is 10.7 Å². The van der Waals surface area contributed by atoms with Crippen LogP contribution in [0.2, 0.25) is 0 Å². The van der Waals surface area contributed by atoms with Crippen molar-refractivity contribution in [1.82, 2.24) is 10.1 Å². The monoisotopic (exact) mass is 387 g/mol. The number of nitrogens with zero attached hydrogens (tertiary/aromatic N) is 3. The molecule has 0 saturated heterocycles. The lowest BCUT2D eigenvalue weighted by atomic mass is 10.2. The summed E-state index contributed by atoms with van der Waals surface area (Å²) in [6.07, 6.45) is 1.56. The van der Waals surface area contributed by atoms with E-state index in [2.05, 4.69) is 10.1 Å². The summed E-state index contributed by atoms with van der Waals surface area (Å²) in [5.41, 5.74) is 0.746. The number of ether oxygens (including phenoxy) is 2. The normalized spacial score (nSPS) is 10.6. The number of aryl methyl sites for hydroxylation is 1. The molecule has 0 aliphatic rings. The van der Waals surface area contributed by atoms with Crippen LogP contribution in [0.3, 0.4) is 0 Å². The highest BCUT2D eigenvalue weighted by atomic mass is 32.1. The molecule has 0 bridgehead atoms. The summed E-state index contributed by atoms with van der Waals surface area (Å²) in [5.74, 6) is 2.34. The fraction of sp³-hybridized carbons (Fsp3) is 0.316. The van der Waals surface area contributed by atoms with Crippen molar-refractivity contribution in [3.8, 4) is 22.2 Å². The number of methoxy groups -OCH3 is 2. The number of aromatic nitrogens is 2. The number of benzene rings is 1. The van der Waals surface area contributed by atoms with Gasteiger partial charge in [0.1, 0.15) is 0 Å². The zero-order valence-electron chi connectivity index (χ0n) is 15.5. The summed E-state index contributed by atoms with van der Waals surface area (Å²) in [6, 6.07) is 9.27. The molecule has 27 heavy (non-hydrogen) atoms. The van der Waals surface area contributed by atoms with Gasteiger partial charge in [0.2, 0.25) is 17.6 Å². The van der Waals surface area contributed by atoms with E-state index < -0.39 is 0 Å². The van der Waals surface area contributed by atoms with Gasteiger partial charge in [-0.2, -0.15) is 4.98 Å². The van der Waals surface area contributed by atoms with Gasteiger partial charge in [0.25, 0.3) is 0 Å². The second kappa shape index (κ2) is 8.68. The third-order valence-corrected chi connectivity index (χ3v) is 4.99. The standard InChI is InChI=1S/C19H21N3O4S/c1-22(13-9-10-14(24-2)15(12-13)25-3)18(23)8-4-7-17-20-19(21-26-17)16-6-5-11-27-16/h5-6,9-12H,4,7-8H2,1-3H3. The summed E-state index contributed by atoms with van der Waals surface area (Å²) in [6.45, 7) is 0. The lowest BCUT2D eigenvalue weighted by Gasteiger charge is -2.19. The molecule has 2 heterocycles. The Morgan fingerprint density at radius 1 is 1.22 bits per heavy atom. The van der Waals surface area contributed by atoms with Crippen LogP contribution >= 0.6 is 11.3 Å². The maximum absolute atomic E-state index is 12.5. The first kappa shape index (κ1) is 18.9. The molecular weight excluding hydrogens is 366 g/mol. The number of anilines is 1. The molecule has 142 valence electrons. The molecule has 0 fully saturated rings. The number of amides is 1. The van der Waals surface area contributed by atoms with E-state index >= 15 is 0 Å². The van der Waals surface area contributed by atoms with Crippen molar-refractivity contribution in [3.63, 3.8) is 0 Å². The van der Waals surface area contributed by atoms with Crippen LogP contribution in [-0.4, -0.2) is 37.3 Å². The summed E-state index contributed by atoms with van der Waals surface area (Å²) < 4.78 is 15.8. The molecule has 0 aliphatic carbocycles. The summed E-state index contributed by atoms with van der Waals surface area (Å²) >= 11 is 1.56. The Balaban J connectivity index is 1.54. The number of thiophene rings is 1. The number of carbonyl (C=O) groups is 1. The van der Waals surface area contributed by atoms with Gasteiger partial charge in [0.15, 0.2) is 11.5 Å². The minimum absolute atomic E-state index is 0.000200. The van der Waals surface area contributed by atoms with Gasteiger partial charge in [-0.1, -0.05) is 11.2 Å². The first-order valence-corrected chi connectivity index (χ1v) is 9.35. The molecule has 1 amide bonds. The van der Waals surface area contributed by atoms with Gasteiger partial charge >= 0.3 is 0 Å². The van der Waals surface area contributed by atoms with Crippen LogP contribution in [-0.2, 0) is 11.2 Å². The number of hydrogen-bond acceptors (Lipinski definition) is 7. The molecule has 0 unspecified atom stereocenters. The van der Waals surface area contributed by atoms with Crippen molar-refractivity contribution < 1.29 is 18.8 Å². The van der Waals surface area contributed by atoms with Gasteiger partial charge in [-0.3, -0.25) is 4.79 Å². The van der Waals surface area contributed by atoms with Crippen molar-refractivity contribution in [3.05, 3.63) is 41.6 Å². The quantitative estimate of drug-likeness (QED) is 0.585. The van der Waals surface area contributed by atoms with E-state index in [1.54, 1.807) is 49.6 Å². The summed E-state index contributed by atoms with van der Waals surface area (Å²) in [5, 5.41) is 5.94. The number of hydrogen-bond donors (Lipinski definition) is 0. The molecule has 2 aromatic heterocycles. The van der Waals surface area contributed by atoms with Crippen LogP contribution in [0.1, 0.15) is 18.7 Å². The molecule has 1 aromatic carbocycles. The first-order valence-electron chi connectivity index (χ1n) is 8.47. The lowest BCUT2D eigenvalue weighted by molar-refractivity contribution is -0.118. The molecular formula is C19H21N3O4S. The fourth-order valence-electron chi connectivity index (χ4n) is 2.60. The van der Waals surface area contributed by atoms with Crippen molar-refractivity contribution in [1.29, 1.82) is 0 Å². The van der Waals surface area contributed by atoms with E-state index in [0.717, 1.165) is 10.6 Å². The largest absolute Gasteiger partial charge is 0.493 e. The van der Waals surface area contributed by atoms with E-state index in [-0.39, 0.29) is 5.91 Å². The predicted molar refractivity (Wildman–Crippen MR) is 104 cm³/mol. The molecule has 0 saturated carbocycles. The van der Waals surface area contributed by atoms with E-state index in [1.165, 1.54) is 0 Å². The Bertz CT molecular complexity index is 892. The van der Waals surface area contributed by atoms with E-state index in [4.69, 9.17) is 14.0 Å². The van der Waals surface area contributed by atoms with Crippen molar-refractivity contribution >= 4 is 22.9 Å². The zero-order valence-corrected chi connectivity index (χ0v) is 16.3. The van der Waals surface area contributed by atoms with Gasteiger partial charge in [0.05, 0.1) is 19.1 Å². The third-order valence-electron chi connectivity index (χ3n) is 4.12. The smallest absolute Gasteiger partial charge is 0.226 e. The Morgan fingerprint density at radius 3 is 2.74 bits per heavy atom. The number of carbonyl (C=O) groups excluding carboxylic acids is 1. The van der Waals surface area contributed by atoms with Gasteiger partial charge in [-0.05, 0) is 30.0 Å². The van der Waals surface area contributed by atoms with Gasteiger partial charge in [-0.25, -0.2) is 0 Å². The summed E-state index contributed by atoms with van der Waals surface area (Å²) in [7, 11) is 4.89. The van der Waals surface area contributed by atoms with Crippen LogP contribution < -0.4 is 14.4 Å². The summed E-state index contributed by atoms with van der Waals surface area (Å²) in [4.78, 5) is 19.4. The zero-order chi connectivity index (χ0) is 19.2. The maximum atomic E-state index is 12.5. The van der Waals surface area contributed by atoms with Gasteiger partial charge in [-0.15, -0.1) is 11.3 Å². The lowest BCUT2D eigenvalue weighted by Crippen LogP contribution is -2.26. The molecule has 3 aromatic rings. The Hall–Kier alpha value is -2.87. The Labute approximate surface area is 161 Å². The number of rotatable bonds is 8. The van der Waals surface area contributed by atoms with Gasteiger partial charge < -0.3 is 18.9 Å². The average Bonchev–Trinajstić information content (AvgIpc) is 3.38. The van der Waals surface area contributed by atoms with E-state index in [9.17, 15) is 4.79 Å². The second-order valence-electron chi connectivity index (χ2n) is 5.83. The van der Waals surface area contributed by atoms with Crippen molar-refractivity contribution in [2.75, 3.05) is 26.2 Å². The first-order chi connectivity index (χ1) is 13.1. The van der Waals surface area contributed by atoms with Crippen LogP contribution in [0, 0.1) is 0 Å². The molecule has 0 N–H and O–H groups in total. The highest BCUT2D eigenvalue weighted by molar-refractivity contribution is 7.13. The molecule has 0 spiro atoms. The SMILES string of the molecule is COc1ccc(N(C)C(=O)CCCc2nc(-c3cccs3)no2)cc1OC. The predicted octanol–water partition coefficient (Wildman–Crippen LogP) is 3.80. The van der Waals surface area contributed by atoms with Crippen LogP contribution in [0.4, 0.5) is 5.69 Å². The second-order valence-corrected chi connectivity index (χ2v) is 6.78. The molecule has 3 rings (SSSR count). The highest BCUT2D eigenvalue weighted by Gasteiger charge is 2.15. The van der Waals surface area contributed by atoms with Crippen molar-refractivity contribution in [2.45, 2.75) is 19.3 Å². The fourth-order valence-corrected chi connectivity index (χ4v) is 3.25. The third kappa shape index (κ3) is 4.46. The molecule has 0 aliphatic heterocycles. The topological polar surface area (TPSA) is 77.7 Å². The Morgan fingerprint density at radius 2 is 2.04 bits per heavy atom. The maximum Gasteiger partial charge on any atom is 0.226 e. The van der Waals surface area contributed by atoms with Crippen LogP contribution in [0.15, 0.2) is 40.2 Å². The van der Waals surface area contributed by atoms with Gasteiger partial charge in [0, 0.05) is 31.6 Å². The minimum Gasteiger partial charge on any atom is -0.493 e. The highest BCUT2D eigenvalue weighted by Crippen LogP contribution is 2.31. The minimum atomic E-state index is 0.000200. The molecule has 8 heteroatoms.